The smallest absolute Gasteiger partial charge is 0.323 e. The van der Waals surface area contributed by atoms with Crippen molar-refractivity contribution in [2.24, 2.45) is 5.92 Å². The Balaban J connectivity index is 2.22. The quantitative estimate of drug-likeness (QED) is 0.711. The topological polar surface area (TPSA) is 52.6 Å². The van der Waals surface area contributed by atoms with Gasteiger partial charge in [0.25, 0.3) is 0 Å². The number of hydrogen-bond donors (Lipinski definition) is 2. The second-order valence-corrected chi connectivity index (χ2v) is 6.26. The summed E-state index contributed by atoms with van der Waals surface area (Å²) in [6.07, 6.45) is 8.51. The summed E-state index contributed by atoms with van der Waals surface area (Å²) < 4.78 is 0. The van der Waals surface area contributed by atoms with Crippen molar-refractivity contribution in [3.05, 3.63) is 0 Å². The number of rotatable bonds is 8. The maximum atomic E-state index is 11.2. The molecular formula is C15H30N2O2. The van der Waals surface area contributed by atoms with Crippen LogP contribution in [-0.2, 0) is 4.79 Å². The molecule has 0 spiro atoms. The van der Waals surface area contributed by atoms with E-state index in [-0.39, 0.29) is 0 Å². The molecule has 1 aliphatic rings. The molecule has 0 bridgehead atoms. The van der Waals surface area contributed by atoms with Gasteiger partial charge in [0.1, 0.15) is 5.54 Å². The minimum absolute atomic E-state index is 0.674. The summed E-state index contributed by atoms with van der Waals surface area (Å²) in [6.45, 7) is 3.92. The molecule has 1 fully saturated rings. The largest absolute Gasteiger partial charge is 0.480 e. The molecule has 112 valence electrons. The number of hydrogen-bond acceptors (Lipinski definition) is 3. The van der Waals surface area contributed by atoms with Crippen LogP contribution in [0.5, 0.6) is 0 Å². The monoisotopic (exact) mass is 270 g/mol. The zero-order chi connectivity index (χ0) is 14.3. The van der Waals surface area contributed by atoms with Crippen molar-refractivity contribution < 1.29 is 9.90 Å². The fourth-order valence-corrected chi connectivity index (χ4v) is 2.94. The highest BCUT2D eigenvalue weighted by molar-refractivity contribution is 5.78. The summed E-state index contributed by atoms with van der Waals surface area (Å²) in [7, 11) is 3.88. The molecule has 0 aliphatic heterocycles. The summed E-state index contributed by atoms with van der Waals surface area (Å²) in [6, 6.07) is 0. The Morgan fingerprint density at radius 2 is 2.00 bits per heavy atom. The number of aliphatic carboxylic acids is 1. The third-order valence-corrected chi connectivity index (χ3v) is 4.54. The van der Waals surface area contributed by atoms with Crippen LogP contribution in [0.15, 0.2) is 0 Å². The Labute approximate surface area is 117 Å². The van der Waals surface area contributed by atoms with Crippen LogP contribution in [0.4, 0.5) is 0 Å². The van der Waals surface area contributed by atoms with Gasteiger partial charge in [-0.1, -0.05) is 19.3 Å². The molecule has 4 nitrogen and oxygen atoms in total. The summed E-state index contributed by atoms with van der Waals surface area (Å²) in [5, 5.41) is 12.1. The highest BCUT2D eigenvalue weighted by atomic mass is 16.4. The third-order valence-electron chi connectivity index (χ3n) is 4.54. The SMILES string of the molecule is CNC(C)(CCCN(C)CC1CCCCC1)C(=O)O. The van der Waals surface area contributed by atoms with E-state index in [4.69, 9.17) is 0 Å². The van der Waals surface area contributed by atoms with Crippen molar-refractivity contribution in [1.82, 2.24) is 10.2 Å². The predicted molar refractivity (Wildman–Crippen MR) is 78.4 cm³/mol. The molecule has 0 saturated heterocycles. The lowest BCUT2D eigenvalue weighted by Crippen LogP contribution is -2.47. The third kappa shape index (κ3) is 5.49. The van der Waals surface area contributed by atoms with Gasteiger partial charge in [0.05, 0.1) is 0 Å². The lowest BCUT2D eigenvalue weighted by atomic mass is 9.89. The summed E-state index contributed by atoms with van der Waals surface area (Å²) in [5.41, 5.74) is -0.786. The number of nitrogens with zero attached hydrogens (tertiary/aromatic N) is 1. The van der Waals surface area contributed by atoms with E-state index in [0.29, 0.717) is 6.42 Å². The number of carboxylic acids is 1. The molecule has 1 aliphatic carbocycles. The molecule has 1 atom stereocenters. The first-order valence-corrected chi connectivity index (χ1v) is 7.59. The van der Waals surface area contributed by atoms with E-state index in [1.165, 1.54) is 38.6 Å². The van der Waals surface area contributed by atoms with E-state index in [1.807, 2.05) is 0 Å². The fraction of sp³-hybridized carbons (Fsp3) is 0.933. The van der Waals surface area contributed by atoms with Crippen LogP contribution in [0.3, 0.4) is 0 Å². The van der Waals surface area contributed by atoms with Crippen LogP contribution >= 0.6 is 0 Å². The minimum atomic E-state index is -0.786. The summed E-state index contributed by atoms with van der Waals surface area (Å²) >= 11 is 0. The van der Waals surface area contributed by atoms with E-state index in [1.54, 1.807) is 14.0 Å². The standard InChI is InChI=1S/C15H30N2O2/c1-15(16-2,14(18)19)10-7-11-17(3)12-13-8-5-4-6-9-13/h13,16H,4-12H2,1-3H3,(H,18,19). The van der Waals surface area contributed by atoms with Crippen molar-refractivity contribution in [3.8, 4) is 0 Å². The zero-order valence-corrected chi connectivity index (χ0v) is 12.7. The molecule has 0 heterocycles. The zero-order valence-electron chi connectivity index (χ0n) is 12.7. The number of carbonyl (C=O) groups is 1. The van der Waals surface area contributed by atoms with Gasteiger partial charge in [-0.15, -0.1) is 0 Å². The van der Waals surface area contributed by atoms with Crippen molar-refractivity contribution in [3.63, 3.8) is 0 Å². The van der Waals surface area contributed by atoms with Crippen LogP contribution in [0.1, 0.15) is 51.9 Å². The molecule has 1 saturated carbocycles. The molecule has 0 aromatic carbocycles. The van der Waals surface area contributed by atoms with E-state index in [9.17, 15) is 9.90 Å². The van der Waals surface area contributed by atoms with Crippen molar-refractivity contribution in [2.75, 3.05) is 27.2 Å². The van der Waals surface area contributed by atoms with E-state index in [0.717, 1.165) is 18.9 Å². The van der Waals surface area contributed by atoms with E-state index >= 15 is 0 Å². The van der Waals surface area contributed by atoms with Gasteiger partial charge in [-0.25, -0.2) is 0 Å². The fourth-order valence-electron chi connectivity index (χ4n) is 2.94. The van der Waals surface area contributed by atoms with E-state index < -0.39 is 11.5 Å². The van der Waals surface area contributed by atoms with Crippen LogP contribution in [0.2, 0.25) is 0 Å². The average Bonchev–Trinajstić information content (AvgIpc) is 2.39. The maximum absolute atomic E-state index is 11.2. The highest BCUT2D eigenvalue weighted by Gasteiger charge is 2.30. The lowest BCUT2D eigenvalue weighted by Gasteiger charge is -2.28. The Morgan fingerprint density at radius 1 is 1.37 bits per heavy atom. The van der Waals surface area contributed by atoms with Crippen molar-refractivity contribution >= 4 is 5.97 Å². The molecule has 19 heavy (non-hydrogen) atoms. The van der Waals surface area contributed by atoms with Gasteiger partial charge in [0, 0.05) is 6.54 Å². The first kappa shape index (κ1) is 16.4. The van der Waals surface area contributed by atoms with Crippen LogP contribution < -0.4 is 5.32 Å². The van der Waals surface area contributed by atoms with Crippen molar-refractivity contribution in [1.29, 1.82) is 0 Å². The van der Waals surface area contributed by atoms with Crippen molar-refractivity contribution in [2.45, 2.75) is 57.4 Å². The molecular weight excluding hydrogens is 240 g/mol. The summed E-state index contributed by atoms with van der Waals surface area (Å²) in [4.78, 5) is 13.5. The van der Waals surface area contributed by atoms with Crippen LogP contribution in [0, 0.1) is 5.92 Å². The second kappa shape index (κ2) is 7.85. The first-order chi connectivity index (χ1) is 8.98. The predicted octanol–water partition coefficient (Wildman–Crippen LogP) is 2.34. The molecule has 4 heteroatoms. The van der Waals surface area contributed by atoms with Gasteiger partial charge in [-0.3, -0.25) is 4.79 Å². The first-order valence-electron chi connectivity index (χ1n) is 7.59. The normalized spacial score (nSPS) is 20.4. The molecule has 0 radical (unpaired) electrons. The van der Waals surface area contributed by atoms with Gasteiger partial charge in [0.2, 0.25) is 0 Å². The molecule has 0 aromatic rings. The molecule has 0 amide bonds. The number of likely N-dealkylation sites (N-methyl/N-ethyl adjacent to an activating group) is 1. The molecule has 0 aromatic heterocycles. The summed E-state index contributed by atoms with van der Waals surface area (Å²) in [5.74, 6) is 0.0961. The molecule has 2 N–H and O–H groups in total. The van der Waals surface area contributed by atoms with Gasteiger partial charge in [-0.2, -0.15) is 0 Å². The maximum Gasteiger partial charge on any atom is 0.323 e. The lowest BCUT2D eigenvalue weighted by molar-refractivity contribution is -0.144. The Hall–Kier alpha value is -0.610. The second-order valence-electron chi connectivity index (χ2n) is 6.26. The van der Waals surface area contributed by atoms with E-state index in [2.05, 4.69) is 17.3 Å². The van der Waals surface area contributed by atoms with Gasteiger partial charge >= 0.3 is 5.97 Å². The van der Waals surface area contributed by atoms with Gasteiger partial charge in [0.15, 0.2) is 0 Å². The van der Waals surface area contributed by atoms with Crippen LogP contribution in [0.25, 0.3) is 0 Å². The van der Waals surface area contributed by atoms with Crippen LogP contribution in [-0.4, -0.2) is 48.7 Å². The number of carboxylic acid groups (broad SMARTS) is 1. The van der Waals surface area contributed by atoms with Gasteiger partial charge < -0.3 is 15.3 Å². The molecule has 1 rings (SSSR count). The Kier molecular flexibility index (Phi) is 6.80. The van der Waals surface area contributed by atoms with Gasteiger partial charge in [-0.05, 0) is 59.2 Å². The number of nitrogens with one attached hydrogen (secondary N) is 1. The molecule has 1 unspecified atom stereocenters. The Bertz CT molecular complexity index is 277. The minimum Gasteiger partial charge on any atom is -0.480 e. The average molecular weight is 270 g/mol. The highest BCUT2D eigenvalue weighted by Crippen LogP contribution is 2.24. The Morgan fingerprint density at radius 3 is 2.53 bits per heavy atom.